The number of piperidine rings is 1. The molecule has 0 aliphatic carbocycles. The number of aliphatic carboxylic acids is 1. The first-order valence-corrected chi connectivity index (χ1v) is 8.55. The zero-order valence-corrected chi connectivity index (χ0v) is 14.1. The molecule has 3 rings (SSSR count). The standard InChI is InChI=1S/C20H20F3NO2/c21-20(22,23)17-8-4-7-16(13-17)18(14-5-2-1-3-6-14)24-11-9-15(10-12-24)19(25)26/h1-8,13,15,18H,9-12H2,(H,25,26). The molecule has 1 saturated heterocycles. The van der Waals surface area contributed by atoms with Crippen LogP contribution in [0.3, 0.4) is 0 Å². The van der Waals surface area contributed by atoms with Crippen molar-refractivity contribution in [2.24, 2.45) is 5.92 Å². The molecule has 1 heterocycles. The molecular weight excluding hydrogens is 343 g/mol. The van der Waals surface area contributed by atoms with Crippen LogP contribution in [0.1, 0.15) is 35.6 Å². The van der Waals surface area contributed by atoms with Crippen molar-refractivity contribution in [1.29, 1.82) is 0 Å². The molecule has 1 fully saturated rings. The molecule has 3 nitrogen and oxygen atoms in total. The van der Waals surface area contributed by atoms with E-state index in [4.69, 9.17) is 0 Å². The smallest absolute Gasteiger partial charge is 0.416 e. The number of carboxylic acids is 1. The molecule has 26 heavy (non-hydrogen) atoms. The van der Waals surface area contributed by atoms with Gasteiger partial charge in [-0.2, -0.15) is 13.2 Å². The summed E-state index contributed by atoms with van der Waals surface area (Å²) in [5, 5.41) is 9.18. The van der Waals surface area contributed by atoms with Crippen molar-refractivity contribution >= 4 is 5.97 Å². The van der Waals surface area contributed by atoms with E-state index in [-0.39, 0.29) is 12.0 Å². The minimum atomic E-state index is -4.40. The Morgan fingerprint density at radius 1 is 1.00 bits per heavy atom. The van der Waals surface area contributed by atoms with Gasteiger partial charge >= 0.3 is 12.1 Å². The molecule has 2 aromatic rings. The molecule has 0 saturated carbocycles. The molecule has 0 aromatic heterocycles. The van der Waals surface area contributed by atoms with Gasteiger partial charge in [-0.05, 0) is 49.2 Å². The van der Waals surface area contributed by atoms with Gasteiger partial charge in [0.15, 0.2) is 0 Å². The highest BCUT2D eigenvalue weighted by atomic mass is 19.4. The molecule has 6 heteroatoms. The summed E-state index contributed by atoms with van der Waals surface area (Å²) in [5.74, 6) is -1.19. The molecule has 1 N–H and O–H groups in total. The first kappa shape index (κ1) is 18.5. The molecular formula is C20H20F3NO2. The zero-order chi connectivity index (χ0) is 18.7. The van der Waals surface area contributed by atoms with E-state index in [1.807, 2.05) is 30.3 Å². The maximum absolute atomic E-state index is 13.1. The lowest BCUT2D eigenvalue weighted by Gasteiger charge is -2.37. The van der Waals surface area contributed by atoms with E-state index in [9.17, 15) is 23.1 Å². The van der Waals surface area contributed by atoms with Crippen molar-refractivity contribution in [1.82, 2.24) is 4.90 Å². The molecule has 1 atom stereocenters. The first-order chi connectivity index (χ1) is 12.4. The molecule has 2 aromatic carbocycles. The summed E-state index contributed by atoms with van der Waals surface area (Å²) < 4.78 is 39.4. The van der Waals surface area contributed by atoms with Crippen molar-refractivity contribution in [3.8, 4) is 0 Å². The predicted molar refractivity (Wildman–Crippen MR) is 91.7 cm³/mol. The third-order valence-electron chi connectivity index (χ3n) is 4.89. The van der Waals surface area contributed by atoms with Gasteiger partial charge in [0.25, 0.3) is 0 Å². The Kier molecular flexibility index (Phi) is 5.32. The maximum Gasteiger partial charge on any atom is 0.416 e. The van der Waals surface area contributed by atoms with Crippen LogP contribution in [0.5, 0.6) is 0 Å². The molecule has 138 valence electrons. The van der Waals surface area contributed by atoms with Crippen LogP contribution in [0.15, 0.2) is 54.6 Å². The third kappa shape index (κ3) is 4.07. The second kappa shape index (κ2) is 7.50. The largest absolute Gasteiger partial charge is 0.481 e. The van der Waals surface area contributed by atoms with Crippen molar-refractivity contribution in [3.05, 3.63) is 71.3 Å². The number of halogens is 3. The molecule has 1 unspecified atom stereocenters. The second-order valence-electron chi connectivity index (χ2n) is 6.58. The molecule has 0 spiro atoms. The highest BCUT2D eigenvalue weighted by Gasteiger charge is 2.33. The van der Waals surface area contributed by atoms with Gasteiger partial charge in [-0.3, -0.25) is 9.69 Å². The Hall–Kier alpha value is -2.34. The number of carbonyl (C=O) groups is 1. The van der Waals surface area contributed by atoms with E-state index in [2.05, 4.69) is 4.90 Å². The number of benzene rings is 2. The van der Waals surface area contributed by atoms with E-state index in [1.54, 1.807) is 6.07 Å². The van der Waals surface area contributed by atoms with E-state index in [0.29, 0.717) is 31.5 Å². The summed E-state index contributed by atoms with van der Waals surface area (Å²) in [6.45, 7) is 1.07. The van der Waals surface area contributed by atoms with Crippen molar-refractivity contribution < 1.29 is 23.1 Å². The fourth-order valence-electron chi connectivity index (χ4n) is 3.54. The van der Waals surface area contributed by atoms with Gasteiger partial charge in [-0.1, -0.05) is 42.5 Å². The highest BCUT2D eigenvalue weighted by Crippen LogP contribution is 2.36. The van der Waals surface area contributed by atoms with Crippen LogP contribution >= 0.6 is 0 Å². The van der Waals surface area contributed by atoms with Gasteiger partial charge in [0.05, 0.1) is 17.5 Å². The SMILES string of the molecule is O=C(O)C1CCN(C(c2ccccc2)c2cccc(C(F)(F)F)c2)CC1. The van der Waals surface area contributed by atoms with Crippen LogP contribution < -0.4 is 0 Å². The lowest BCUT2D eigenvalue weighted by atomic mass is 9.91. The van der Waals surface area contributed by atoms with Crippen LogP contribution in [0.2, 0.25) is 0 Å². The number of carboxylic acid groups (broad SMARTS) is 1. The summed E-state index contributed by atoms with van der Waals surface area (Å²) in [5.41, 5.74) is 0.803. The summed E-state index contributed by atoms with van der Waals surface area (Å²) in [6, 6.07) is 14.5. The highest BCUT2D eigenvalue weighted by molar-refractivity contribution is 5.70. The number of hydrogen-bond donors (Lipinski definition) is 1. The normalized spacial score (nSPS) is 17.8. The van der Waals surface area contributed by atoms with E-state index in [1.165, 1.54) is 12.1 Å². The van der Waals surface area contributed by atoms with Crippen molar-refractivity contribution in [2.75, 3.05) is 13.1 Å². The van der Waals surface area contributed by atoms with Crippen molar-refractivity contribution in [3.63, 3.8) is 0 Å². The summed E-state index contributed by atoms with van der Waals surface area (Å²) in [7, 11) is 0. The van der Waals surface area contributed by atoms with Crippen LogP contribution in [-0.2, 0) is 11.0 Å². The Labute approximate surface area is 150 Å². The average molecular weight is 363 g/mol. The number of hydrogen-bond acceptors (Lipinski definition) is 2. The monoisotopic (exact) mass is 363 g/mol. The summed E-state index contributed by atoms with van der Waals surface area (Å²) >= 11 is 0. The van der Waals surface area contributed by atoms with E-state index < -0.39 is 17.7 Å². The van der Waals surface area contributed by atoms with Crippen LogP contribution in [-0.4, -0.2) is 29.1 Å². The number of rotatable bonds is 4. The van der Waals surface area contributed by atoms with E-state index >= 15 is 0 Å². The van der Waals surface area contributed by atoms with Gasteiger partial charge in [-0.15, -0.1) is 0 Å². The fraction of sp³-hybridized carbons (Fsp3) is 0.350. The lowest BCUT2D eigenvalue weighted by Crippen LogP contribution is -2.39. The summed E-state index contributed by atoms with van der Waals surface area (Å²) in [6.07, 6.45) is -3.40. The average Bonchev–Trinajstić information content (AvgIpc) is 2.63. The molecule has 0 radical (unpaired) electrons. The third-order valence-corrected chi connectivity index (χ3v) is 4.89. The Balaban J connectivity index is 1.94. The van der Waals surface area contributed by atoms with Crippen molar-refractivity contribution in [2.45, 2.75) is 25.1 Å². The minimum absolute atomic E-state index is 0.326. The molecule has 0 amide bonds. The van der Waals surface area contributed by atoms with Gasteiger partial charge in [-0.25, -0.2) is 0 Å². The first-order valence-electron chi connectivity index (χ1n) is 8.55. The molecule has 0 bridgehead atoms. The Morgan fingerprint density at radius 2 is 1.62 bits per heavy atom. The van der Waals surface area contributed by atoms with Gasteiger partial charge < -0.3 is 5.11 Å². The molecule has 1 aliphatic rings. The number of nitrogens with zero attached hydrogens (tertiary/aromatic N) is 1. The maximum atomic E-state index is 13.1. The molecule has 1 aliphatic heterocycles. The van der Waals surface area contributed by atoms with Gasteiger partial charge in [0, 0.05) is 0 Å². The Morgan fingerprint density at radius 3 is 2.19 bits per heavy atom. The Bertz CT molecular complexity index is 753. The summed E-state index contributed by atoms with van der Waals surface area (Å²) in [4.78, 5) is 13.3. The number of likely N-dealkylation sites (tertiary alicyclic amines) is 1. The zero-order valence-electron chi connectivity index (χ0n) is 14.1. The predicted octanol–water partition coefficient (Wildman–Crippen LogP) is 4.59. The van der Waals surface area contributed by atoms with Gasteiger partial charge in [0.2, 0.25) is 0 Å². The fourth-order valence-corrected chi connectivity index (χ4v) is 3.54. The van der Waals surface area contributed by atoms with Crippen LogP contribution in [0.25, 0.3) is 0 Å². The number of alkyl halides is 3. The quantitative estimate of drug-likeness (QED) is 0.864. The van der Waals surface area contributed by atoms with E-state index in [0.717, 1.165) is 11.6 Å². The lowest BCUT2D eigenvalue weighted by molar-refractivity contribution is -0.143. The topological polar surface area (TPSA) is 40.5 Å². The van der Waals surface area contributed by atoms with Gasteiger partial charge in [0.1, 0.15) is 0 Å². The van der Waals surface area contributed by atoms with Crippen LogP contribution in [0.4, 0.5) is 13.2 Å². The van der Waals surface area contributed by atoms with Crippen LogP contribution in [0, 0.1) is 5.92 Å². The minimum Gasteiger partial charge on any atom is -0.481 e. The second-order valence-corrected chi connectivity index (χ2v) is 6.58.